The zero-order valence-electron chi connectivity index (χ0n) is 17.3. The predicted octanol–water partition coefficient (Wildman–Crippen LogP) is 5.70. The van der Waals surface area contributed by atoms with Crippen LogP contribution in [0.3, 0.4) is 0 Å². The van der Waals surface area contributed by atoms with E-state index in [2.05, 4.69) is 24.2 Å². The van der Waals surface area contributed by atoms with E-state index in [1.165, 1.54) is 29.7 Å². The van der Waals surface area contributed by atoms with Crippen LogP contribution in [-0.4, -0.2) is 20.5 Å². The number of rotatable bonds is 2. The molecule has 0 spiro atoms. The fraction of sp³-hybridized carbons (Fsp3) is 0.480. The summed E-state index contributed by atoms with van der Waals surface area (Å²) in [7, 11) is 0. The van der Waals surface area contributed by atoms with Crippen molar-refractivity contribution in [3.63, 3.8) is 0 Å². The Labute approximate surface area is 171 Å². The Morgan fingerprint density at radius 1 is 1.21 bits per heavy atom. The summed E-state index contributed by atoms with van der Waals surface area (Å²) >= 11 is 0. The van der Waals surface area contributed by atoms with Crippen molar-refractivity contribution >= 4 is 10.9 Å². The van der Waals surface area contributed by atoms with E-state index in [1.807, 2.05) is 17.8 Å². The normalized spacial score (nSPS) is 29.3. The molecule has 29 heavy (non-hydrogen) atoms. The first kappa shape index (κ1) is 18.8. The van der Waals surface area contributed by atoms with Crippen molar-refractivity contribution in [1.29, 1.82) is 0 Å². The van der Waals surface area contributed by atoms with Gasteiger partial charge in [-0.05, 0) is 111 Å². The number of fused-ring (bicyclic) bond motifs is 4. The van der Waals surface area contributed by atoms with E-state index in [0.29, 0.717) is 5.92 Å². The van der Waals surface area contributed by atoms with E-state index < -0.39 is 5.60 Å². The highest BCUT2D eigenvalue weighted by atomic mass is 19.1. The van der Waals surface area contributed by atoms with Crippen molar-refractivity contribution in [3.05, 3.63) is 59.5 Å². The molecule has 3 atom stereocenters. The SMILES string of the molecule is CC[C@@]12CC[C@@](C)(O)C[C@@H]1CCCc1cc3c(cnn3-c3ccc(F)cc3)cc12. The Morgan fingerprint density at radius 3 is 2.76 bits per heavy atom. The largest absolute Gasteiger partial charge is 0.390 e. The maximum Gasteiger partial charge on any atom is 0.123 e. The molecule has 2 aliphatic carbocycles. The van der Waals surface area contributed by atoms with Crippen molar-refractivity contribution < 1.29 is 9.50 Å². The summed E-state index contributed by atoms with van der Waals surface area (Å²) in [6.07, 6.45) is 9.26. The van der Waals surface area contributed by atoms with E-state index >= 15 is 0 Å². The lowest BCUT2D eigenvalue weighted by atomic mass is 9.57. The maximum atomic E-state index is 13.4. The second-order valence-corrected chi connectivity index (χ2v) is 9.40. The summed E-state index contributed by atoms with van der Waals surface area (Å²) < 4.78 is 15.3. The monoisotopic (exact) mass is 392 g/mol. The summed E-state index contributed by atoms with van der Waals surface area (Å²) in [6, 6.07) is 11.2. The van der Waals surface area contributed by atoms with Crippen LogP contribution in [0.25, 0.3) is 16.6 Å². The molecule has 4 heteroatoms. The van der Waals surface area contributed by atoms with Gasteiger partial charge in [0.05, 0.1) is 23.0 Å². The van der Waals surface area contributed by atoms with Crippen LogP contribution in [0.4, 0.5) is 4.39 Å². The lowest BCUT2D eigenvalue weighted by Crippen LogP contribution is -2.46. The van der Waals surface area contributed by atoms with Gasteiger partial charge in [0.25, 0.3) is 0 Å². The van der Waals surface area contributed by atoms with Gasteiger partial charge < -0.3 is 5.11 Å². The molecule has 3 aromatic rings. The van der Waals surface area contributed by atoms with E-state index in [9.17, 15) is 9.50 Å². The first-order chi connectivity index (χ1) is 13.9. The van der Waals surface area contributed by atoms with E-state index in [1.54, 1.807) is 12.1 Å². The first-order valence-electron chi connectivity index (χ1n) is 10.9. The predicted molar refractivity (Wildman–Crippen MR) is 114 cm³/mol. The molecule has 0 radical (unpaired) electrons. The van der Waals surface area contributed by atoms with Crippen LogP contribution in [0.5, 0.6) is 0 Å². The Kier molecular flexibility index (Phi) is 4.32. The topological polar surface area (TPSA) is 38.1 Å². The van der Waals surface area contributed by atoms with E-state index in [4.69, 9.17) is 0 Å². The van der Waals surface area contributed by atoms with Crippen LogP contribution in [-0.2, 0) is 11.8 Å². The number of benzene rings is 2. The molecule has 152 valence electrons. The van der Waals surface area contributed by atoms with Crippen molar-refractivity contribution in [3.8, 4) is 5.69 Å². The second-order valence-electron chi connectivity index (χ2n) is 9.40. The summed E-state index contributed by atoms with van der Waals surface area (Å²) in [5, 5.41) is 16.5. The molecule has 1 aromatic heterocycles. The van der Waals surface area contributed by atoms with Gasteiger partial charge in [-0.15, -0.1) is 0 Å². The highest BCUT2D eigenvalue weighted by molar-refractivity contribution is 5.82. The standard InChI is InChI=1S/C25H29FN2O/c1-3-25-12-11-24(2,29)15-19(25)6-4-5-17-14-23-18(13-22(17)25)16-27-28(23)21-9-7-20(26)8-10-21/h7-10,13-14,16,19,29H,3-6,11-12,15H2,1-2H3/t19-,24+,25+/m0/s1. The fourth-order valence-corrected chi connectivity index (χ4v) is 6.03. The minimum atomic E-state index is -0.536. The van der Waals surface area contributed by atoms with Gasteiger partial charge in [0.1, 0.15) is 5.82 Å². The van der Waals surface area contributed by atoms with Gasteiger partial charge in [0, 0.05) is 5.39 Å². The van der Waals surface area contributed by atoms with Crippen LogP contribution in [0, 0.1) is 11.7 Å². The van der Waals surface area contributed by atoms with E-state index in [0.717, 1.165) is 55.1 Å². The Bertz CT molecular complexity index is 1050. The number of aliphatic hydroxyl groups is 1. The molecular formula is C25H29FN2O. The smallest absolute Gasteiger partial charge is 0.123 e. The number of halogens is 1. The van der Waals surface area contributed by atoms with Gasteiger partial charge >= 0.3 is 0 Å². The molecule has 0 aliphatic heterocycles. The van der Waals surface area contributed by atoms with Crippen molar-refractivity contribution in [1.82, 2.24) is 9.78 Å². The zero-order chi connectivity index (χ0) is 20.2. The Morgan fingerprint density at radius 2 is 2.00 bits per heavy atom. The number of aryl methyl sites for hydroxylation is 1. The molecule has 1 heterocycles. The van der Waals surface area contributed by atoms with Crippen molar-refractivity contribution in [2.24, 2.45) is 5.92 Å². The van der Waals surface area contributed by atoms with Crippen molar-refractivity contribution in [2.75, 3.05) is 0 Å². The molecule has 0 saturated heterocycles. The Hall–Kier alpha value is -2.20. The highest BCUT2D eigenvalue weighted by Gasteiger charge is 2.48. The van der Waals surface area contributed by atoms with Gasteiger partial charge in [-0.25, -0.2) is 9.07 Å². The molecule has 3 nitrogen and oxygen atoms in total. The van der Waals surface area contributed by atoms with Gasteiger partial charge in [-0.1, -0.05) is 6.92 Å². The minimum Gasteiger partial charge on any atom is -0.390 e. The fourth-order valence-electron chi connectivity index (χ4n) is 6.03. The summed E-state index contributed by atoms with van der Waals surface area (Å²) in [5.41, 5.74) is 4.48. The minimum absolute atomic E-state index is 0.153. The number of hydrogen-bond acceptors (Lipinski definition) is 2. The number of aromatic nitrogens is 2. The molecule has 0 bridgehead atoms. The molecular weight excluding hydrogens is 363 g/mol. The third kappa shape index (κ3) is 3.00. The molecule has 2 aliphatic rings. The van der Waals surface area contributed by atoms with Crippen LogP contribution in [0.2, 0.25) is 0 Å². The maximum absolute atomic E-state index is 13.4. The third-order valence-corrected chi connectivity index (χ3v) is 7.61. The summed E-state index contributed by atoms with van der Waals surface area (Å²) in [4.78, 5) is 0. The Balaban J connectivity index is 1.65. The second kappa shape index (κ2) is 6.66. The zero-order valence-corrected chi connectivity index (χ0v) is 17.3. The molecule has 1 fully saturated rings. The highest BCUT2D eigenvalue weighted by Crippen LogP contribution is 2.54. The van der Waals surface area contributed by atoms with E-state index in [-0.39, 0.29) is 11.2 Å². The van der Waals surface area contributed by atoms with Gasteiger partial charge in [0.2, 0.25) is 0 Å². The summed E-state index contributed by atoms with van der Waals surface area (Å²) in [6.45, 7) is 4.32. The molecule has 1 N–H and O–H groups in total. The van der Waals surface area contributed by atoms with Crippen LogP contribution in [0.1, 0.15) is 63.5 Å². The van der Waals surface area contributed by atoms with Gasteiger partial charge in [-0.2, -0.15) is 5.10 Å². The van der Waals surface area contributed by atoms with Gasteiger partial charge in [0.15, 0.2) is 0 Å². The average Bonchev–Trinajstić information content (AvgIpc) is 3.04. The van der Waals surface area contributed by atoms with Crippen LogP contribution >= 0.6 is 0 Å². The molecule has 0 amide bonds. The lowest BCUT2D eigenvalue weighted by Gasteiger charge is -2.49. The molecule has 1 saturated carbocycles. The van der Waals surface area contributed by atoms with Crippen molar-refractivity contribution in [2.45, 2.75) is 69.8 Å². The summed E-state index contributed by atoms with van der Waals surface area (Å²) in [5.74, 6) is 0.297. The first-order valence-corrected chi connectivity index (χ1v) is 10.9. The third-order valence-electron chi connectivity index (χ3n) is 7.61. The molecule has 0 unspecified atom stereocenters. The van der Waals surface area contributed by atoms with Gasteiger partial charge in [-0.3, -0.25) is 0 Å². The van der Waals surface area contributed by atoms with Crippen LogP contribution < -0.4 is 0 Å². The number of hydrogen-bond donors (Lipinski definition) is 1. The lowest BCUT2D eigenvalue weighted by molar-refractivity contribution is -0.0339. The molecule has 2 aromatic carbocycles. The van der Waals surface area contributed by atoms with Crippen LogP contribution in [0.15, 0.2) is 42.6 Å². The molecule has 5 rings (SSSR count). The quantitative estimate of drug-likeness (QED) is 0.607. The average molecular weight is 393 g/mol. The number of nitrogens with zero attached hydrogens (tertiary/aromatic N) is 2.